The van der Waals surface area contributed by atoms with E-state index in [1.54, 1.807) is 12.1 Å². The van der Waals surface area contributed by atoms with Gasteiger partial charge in [-0.15, -0.1) is 0 Å². The Bertz CT molecular complexity index is 421. The Morgan fingerprint density at radius 1 is 1.25 bits per heavy atom. The zero-order chi connectivity index (χ0) is 13.9. The molecule has 110 valence electrons. The molecule has 0 radical (unpaired) electrons. The molecule has 20 heavy (non-hydrogen) atoms. The highest BCUT2D eigenvalue weighted by atomic mass is 16.3. The van der Waals surface area contributed by atoms with Gasteiger partial charge in [-0.2, -0.15) is 0 Å². The molecule has 1 saturated heterocycles. The minimum atomic E-state index is 0.357. The molecule has 1 saturated carbocycles. The summed E-state index contributed by atoms with van der Waals surface area (Å²) in [6, 6.07) is 8.96. The number of rotatable bonds is 5. The van der Waals surface area contributed by atoms with Gasteiger partial charge in [0.2, 0.25) is 0 Å². The summed E-state index contributed by atoms with van der Waals surface area (Å²) in [6.45, 7) is 5.87. The van der Waals surface area contributed by atoms with Crippen LogP contribution in [0, 0.1) is 5.92 Å². The zero-order valence-corrected chi connectivity index (χ0v) is 12.4. The SMILES string of the molecule is CC(c1ccc(O)cc1)N(CC1CCCNC1)C1CC1. The Balaban J connectivity index is 1.67. The topological polar surface area (TPSA) is 35.5 Å². The second-order valence-corrected chi connectivity index (χ2v) is 6.41. The van der Waals surface area contributed by atoms with E-state index < -0.39 is 0 Å². The first-order chi connectivity index (χ1) is 9.74. The monoisotopic (exact) mass is 274 g/mol. The maximum absolute atomic E-state index is 9.44. The number of phenols is 1. The molecule has 0 spiro atoms. The third-order valence-corrected chi connectivity index (χ3v) is 4.76. The van der Waals surface area contributed by atoms with E-state index in [4.69, 9.17) is 0 Å². The molecule has 2 unspecified atom stereocenters. The van der Waals surface area contributed by atoms with E-state index in [2.05, 4.69) is 29.3 Å². The van der Waals surface area contributed by atoms with E-state index in [1.807, 2.05) is 0 Å². The molecule has 2 N–H and O–H groups in total. The van der Waals surface area contributed by atoms with Crippen LogP contribution in [-0.2, 0) is 0 Å². The predicted octanol–water partition coefficient (Wildman–Crippen LogP) is 2.92. The largest absolute Gasteiger partial charge is 0.508 e. The van der Waals surface area contributed by atoms with Gasteiger partial charge in [0.25, 0.3) is 0 Å². The summed E-state index contributed by atoms with van der Waals surface area (Å²) in [5.41, 5.74) is 1.32. The van der Waals surface area contributed by atoms with Crippen LogP contribution >= 0.6 is 0 Å². The Hall–Kier alpha value is -1.06. The van der Waals surface area contributed by atoms with Gasteiger partial charge in [-0.25, -0.2) is 0 Å². The minimum absolute atomic E-state index is 0.357. The highest BCUT2D eigenvalue weighted by Gasteiger charge is 2.34. The van der Waals surface area contributed by atoms with E-state index in [0.29, 0.717) is 11.8 Å². The lowest BCUT2D eigenvalue weighted by atomic mass is 9.97. The number of nitrogens with one attached hydrogen (secondary N) is 1. The van der Waals surface area contributed by atoms with Crippen molar-refractivity contribution >= 4 is 0 Å². The molecular weight excluding hydrogens is 248 g/mol. The van der Waals surface area contributed by atoms with Crippen molar-refractivity contribution in [3.05, 3.63) is 29.8 Å². The van der Waals surface area contributed by atoms with Crippen molar-refractivity contribution in [2.75, 3.05) is 19.6 Å². The van der Waals surface area contributed by atoms with Crippen molar-refractivity contribution in [2.24, 2.45) is 5.92 Å². The van der Waals surface area contributed by atoms with E-state index >= 15 is 0 Å². The van der Waals surface area contributed by atoms with Crippen LogP contribution in [-0.4, -0.2) is 35.7 Å². The highest BCUT2D eigenvalue weighted by molar-refractivity contribution is 5.28. The molecule has 1 aromatic rings. The minimum Gasteiger partial charge on any atom is -0.508 e. The molecule has 2 aliphatic rings. The van der Waals surface area contributed by atoms with Gasteiger partial charge >= 0.3 is 0 Å². The molecule has 3 nitrogen and oxygen atoms in total. The smallest absolute Gasteiger partial charge is 0.115 e. The molecule has 3 rings (SSSR count). The summed E-state index contributed by atoms with van der Waals surface area (Å²) in [5.74, 6) is 1.15. The molecule has 2 fully saturated rings. The number of hydrogen-bond acceptors (Lipinski definition) is 3. The number of benzene rings is 1. The molecule has 1 aromatic carbocycles. The summed E-state index contributed by atoms with van der Waals surface area (Å²) in [6.07, 6.45) is 5.38. The second-order valence-electron chi connectivity index (χ2n) is 6.41. The normalized spacial score (nSPS) is 24.8. The number of aromatic hydroxyl groups is 1. The van der Waals surface area contributed by atoms with E-state index in [9.17, 15) is 5.11 Å². The van der Waals surface area contributed by atoms with Gasteiger partial charge < -0.3 is 10.4 Å². The molecule has 0 bridgehead atoms. The van der Waals surface area contributed by atoms with Crippen LogP contribution in [0.3, 0.4) is 0 Å². The van der Waals surface area contributed by atoms with Crippen LogP contribution in [0.4, 0.5) is 0 Å². The van der Waals surface area contributed by atoms with E-state index in [-0.39, 0.29) is 0 Å². The first-order valence-corrected chi connectivity index (χ1v) is 7.99. The van der Waals surface area contributed by atoms with Crippen molar-refractivity contribution in [1.29, 1.82) is 0 Å². The first-order valence-electron chi connectivity index (χ1n) is 7.99. The van der Waals surface area contributed by atoms with E-state index in [0.717, 1.165) is 12.0 Å². The fraction of sp³-hybridized carbons (Fsp3) is 0.647. The zero-order valence-electron chi connectivity index (χ0n) is 12.4. The summed E-state index contributed by atoms with van der Waals surface area (Å²) < 4.78 is 0. The molecule has 2 atom stereocenters. The van der Waals surface area contributed by atoms with Gasteiger partial charge in [-0.05, 0) is 69.3 Å². The Labute approximate surface area is 122 Å². The third kappa shape index (κ3) is 3.33. The molecule has 1 aliphatic carbocycles. The third-order valence-electron chi connectivity index (χ3n) is 4.76. The van der Waals surface area contributed by atoms with Crippen molar-refractivity contribution in [3.8, 4) is 5.75 Å². The van der Waals surface area contributed by atoms with Crippen LogP contribution in [0.5, 0.6) is 5.75 Å². The molecule has 0 amide bonds. The Morgan fingerprint density at radius 3 is 2.60 bits per heavy atom. The number of phenolic OH excluding ortho intramolecular Hbond substituents is 1. The molecule has 1 aliphatic heterocycles. The van der Waals surface area contributed by atoms with Crippen LogP contribution in [0.1, 0.15) is 44.2 Å². The standard InChI is InChI=1S/C17H26N2O/c1-13(15-4-8-17(20)9-5-15)19(16-6-7-16)12-14-3-2-10-18-11-14/h4-5,8-9,13-14,16,18,20H,2-3,6-7,10-12H2,1H3. The molecule has 1 heterocycles. The average molecular weight is 274 g/mol. The lowest BCUT2D eigenvalue weighted by Crippen LogP contribution is -2.40. The van der Waals surface area contributed by atoms with Crippen LogP contribution in [0.25, 0.3) is 0 Å². The maximum Gasteiger partial charge on any atom is 0.115 e. The molecule has 0 aromatic heterocycles. The average Bonchev–Trinajstić information content (AvgIpc) is 3.30. The molecular formula is C17H26N2O. The predicted molar refractivity (Wildman–Crippen MR) is 81.8 cm³/mol. The van der Waals surface area contributed by atoms with Crippen molar-refractivity contribution < 1.29 is 5.11 Å². The van der Waals surface area contributed by atoms with Gasteiger partial charge in [-0.1, -0.05) is 12.1 Å². The summed E-state index contributed by atoms with van der Waals surface area (Å²) >= 11 is 0. The maximum atomic E-state index is 9.44. The molecule has 3 heteroatoms. The van der Waals surface area contributed by atoms with E-state index in [1.165, 1.54) is 50.9 Å². The quantitative estimate of drug-likeness (QED) is 0.866. The van der Waals surface area contributed by atoms with Gasteiger partial charge in [0.1, 0.15) is 5.75 Å². The van der Waals surface area contributed by atoms with Crippen LogP contribution < -0.4 is 5.32 Å². The van der Waals surface area contributed by atoms with Gasteiger partial charge in [0.05, 0.1) is 0 Å². The number of nitrogens with zero attached hydrogens (tertiary/aromatic N) is 1. The highest BCUT2D eigenvalue weighted by Crippen LogP contribution is 2.35. The summed E-state index contributed by atoms with van der Waals surface area (Å²) in [4.78, 5) is 2.68. The first kappa shape index (κ1) is 13.9. The van der Waals surface area contributed by atoms with Gasteiger partial charge in [-0.3, -0.25) is 4.90 Å². The number of piperidine rings is 1. The fourth-order valence-corrected chi connectivity index (χ4v) is 3.35. The summed E-state index contributed by atoms with van der Waals surface area (Å²) in [5, 5.41) is 13.0. The van der Waals surface area contributed by atoms with Crippen molar-refractivity contribution in [2.45, 2.75) is 44.7 Å². The summed E-state index contributed by atoms with van der Waals surface area (Å²) in [7, 11) is 0. The Kier molecular flexibility index (Phi) is 4.27. The number of hydrogen-bond donors (Lipinski definition) is 2. The fourth-order valence-electron chi connectivity index (χ4n) is 3.35. The van der Waals surface area contributed by atoms with Gasteiger partial charge in [0, 0.05) is 18.6 Å². The van der Waals surface area contributed by atoms with Gasteiger partial charge in [0.15, 0.2) is 0 Å². The van der Waals surface area contributed by atoms with Crippen LogP contribution in [0.2, 0.25) is 0 Å². The van der Waals surface area contributed by atoms with Crippen molar-refractivity contribution in [3.63, 3.8) is 0 Å². The lowest BCUT2D eigenvalue weighted by molar-refractivity contribution is 0.154. The van der Waals surface area contributed by atoms with Crippen LogP contribution in [0.15, 0.2) is 24.3 Å². The Morgan fingerprint density at radius 2 is 2.00 bits per heavy atom. The lowest BCUT2D eigenvalue weighted by Gasteiger charge is -2.34. The van der Waals surface area contributed by atoms with Crippen molar-refractivity contribution in [1.82, 2.24) is 10.2 Å². The second kappa shape index (κ2) is 6.15.